The zero-order chi connectivity index (χ0) is 18.0. The molecule has 0 radical (unpaired) electrons. The Morgan fingerprint density at radius 1 is 1.24 bits per heavy atom. The second-order valence-corrected chi connectivity index (χ2v) is 9.54. The van der Waals surface area contributed by atoms with Gasteiger partial charge in [0.1, 0.15) is 4.21 Å². The van der Waals surface area contributed by atoms with E-state index in [1.54, 1.807) is 17.5 Å². The van der Waals surface area contributed by atoms with Crippen molar-refractivity contribution in [2.75, 3.05) is 18.4 Å². The first-order chi connectivity index (χ1) is 11.9. The van der Waals surface area contributed by atoms with Crippen molar-refractivity contribution in [2.24, 2.45) is 5.92 Å². The molecule has 0 saturated carbocycles. The van der Waals surface area contributed by atoms with Crippen LogP contribution in [-0.2, 0) is 14.8 Å². The van der Waals surface area contributed by atoms with Gasteiger partial charge >= 0.3 is 0 Å². The van der Waals surface area contributed by atoms with Crippen LogP contribution in [0.25, 0.3) is 0 Å². The lowest BCUT2D eigenvalue weighted by molar-refractivity contribution is -0.120. The van der Waals surface area contributed by atoms with Crippen LogP contribution in [0.15, 0.2) is 39.9 Å². The van der Waals surface area contributed by atoms with Gasteiger partial charge in [0.25, 0.3) is 10.0 Å². The Hall–Kier alpha value is -1.70. The second-order valence-electron chi connectivity index (χ2n) is 6.42. The molecular formula is C18H22N2O3S2. The van der Waals surface area contributed by atoms with Crippen LogP contribution in [0.2, 0.25) is 0 Å². The van der Waals surface area contributed by atoms with Crippen LogP contribution < -0.4 is 5.32 Å². The fourth-order valence-electron chi connectivity index (χ4n) is 2.98. The number of thiophene rings is 1. The molecule has 1 unspecified atom stereocenters. The molecule has 1 aliphatic rings. The summed E-state index contributed by atoms with van der Waals surface area (Å²) in [5, 5.41) is 4.68. The molecule has 1 fully saturated rings. The van der Waals surface area contributed by atoms with Gasteiger partial charge in [0.15, 0.2) is 0 Å². The maximum Gasteiger partial charge on any atom is 0.252 e. The van der Waals surface area contributed by atoms with E-state index in [1.807, 2.05) is 32.0 Å². The molecule has 1 saturated heterocycles. The number of amides is 1. The number of sulfonamides is 1. The van der Waals surface area contributed by atoms with Gasteiger partial charge in [-0.05, 0) is 61.4 Å². The quantitative estimate of drug-likeness (QED) is 0.887. The minimum absolute atomic E-state index is 0.116. The Bertz CT molecular complexity index is 860. The van der Waals surface area contributed by atoms with Crippen molar-refractivity contribution in [3.8, 4) is 0 Å². The first-order valence-electron chi connectivity index (χ1n) is 8.29. The molecule has 5 nitrogen and oxygen atoms in total. The summed E-state index contributed by atoms with van der Waals surface area (Å²) in [5.74, 6) is -0.445. The minimum atomic E-state index is -3.50. The van der Waals surface area contributed by atoms with E-state index in [-0.39, 0.29) is 18.4 Å². The Balaban J connectivity index is 1.70. The number of anilines is 1. The minimum Gasteiger partial charge on any atom is -0.326 e. The van der Waals surface area contributed by atoms with E-state index in [1.165, 1.54) is 21.2 Å². The molecule has 2 aromatic rings. The molecule has 1 aromatic carbocycles. The number of benzene rings is 1. The molecule has 134 valence electrons. The summed E-state index contributed by atoms with van der Waals surface area (Å²) >= 11 is 1.21. The third-order valence-electron chi connectivity index (χ3n) is 4.62. The molecule has 2 heterocycles. The van der Waals surface area contributed by atoms with Crippen LogP contribution in [0.1, 0.15) is 24.0 Å². The SMILES string of the molecule is Cc1ccc(NC(=O)C2CCCN(S(=O)(=O)c3cccs3)C2)cc1C. The highest BCUT2D eigenvalue weighted by molar-refractivity contribution is 7.91. The Kier molecular flexibility index (Phi) is 5.27. The van der Waals surface area contributed by atoms with Crippen LogP contribution in [0, 0.1) is 19.8 Å². The lowest BCUT2D eigenvalue weighted by Gasteiger charge is -2.30. The van der Waals surface area contributed by atoms with Crippen molar-refractivity contribution in [1.82, 2.24) is 4.31 Å². The van der Waals surface area contributed by atoms with Crippen molar-refractivity contribution in [3.63, 3.8) is 0 Å². The molecule has 1 aliphatic heterocycles. The van der Waals surface area contributed by atoms with Crippen LogP contribution in [0.4, 0.5) is 5.69 Å². The van der Waals surface area contributed by atoms with E-state index < -0.39 is 10.0 Å². The van der Waals surface area contributed by atoms with E-state index in [2.05, 4.69) is 5.32 Å². The average Bonchev–Trinajstić information content (AvgIpc) is 3.14. The second kappa shape index (κ2) is 7.27. The molecule has 0 spiro atoms. The maximum absolute atomic E-state index is 12.7. The van der Waals surface area contributed by atoms with E-state index in [0.717, 1.165) is 11.3 Å². The summed E-state index contributed by atoms with van der Waals surface area (Å²) in [6.45, 7) is 4.72. The van der Waals surface area contributed by atoms with Gasteiger partial charge in [-0.15, -0.1) is 11.3 Å². The molecule has 0 aliphatic carbocycles. The molecule has 1 aromatic heterocycles. The van der Waals surface area contributed by atoms with Crippen molar-refractivity contribution < 1.29 is 13.2 Å². The fourth-order valence-corrected chi connectivity index (χ4v) is 5.64. The van der Waals surface area contributed by atoms with Gasteiger partial charge in [0, 0.05) is 18.8 Å². The van der Waals surface area contributed by atoms with Crippen molar-refractivity contribution in [2.45, 2.75) is 30.9 Å². The fraction of sp³-hybridized carbons (Fsp3) is 0.389. The highest BCUT2D eigenvalue weighted by Gasteiger charge is 2.33. The van der Waals surface area contributed by atoms with E-state index in [0.29, 0.717) is 23.6 Å². The van der Waals surface area contributed by atoms with E-state index in [9.17, 15) is 13.2 Å². The first-order valence-corrected chi connectivity index (χ1v) is 10.6. The van der Waals surface area contributed by atoms with Gasteiger partial charge in [-0.25, -0.2) is 8.42 Å². The number of aryl methyl sites for hydroxylation is 2. The molecule has 7 heteroatoms. The summed E-state index contributed by atoms with van der Waals surface area (Å²) < 4.78 is 27.1. The predicted octanol–water partition coefficient (Wildman–Crippen LogP) is 3.40. The number of carbonyl (C=O) groups excluding carboxylic acids is 1. The third-order valence-corrected chi connectivity index (χ3v) is 7.86. The average molecular weight is 379 g/mol. The van der Waals surface area contributed by atoms with Gasteiger partial charge in [-0.2, -0.15) is 4.31 Å². The third kappa shape index (κ3) is 3.94. The van der Waals surface area contributed by atoms with Crippen molar-refractivity contribution in [1.29, 1.82) is 0 Å². The summed E-state index contributed by atoms with van der Waals surface area (Å²) in [6, 6.07) is 9.13. The molecule has 3 rings (SSSR count). The van der Waals surface area contributed by atoms with Crippen LogP contribution >= 0.6 is 11.3 Å². The highest BCUT2D eigenvalue weighted by atomic mass is 32.2. The Labute approximate surface area is 152 Å². The number of piperidine rings is 1. The Morgan fingerprint density at radius 3 is 2.72 bits per heavy atom. The summed E-state index contributed by atoms with van der Waals surface area (Å²) in [7, 11) is -3.50. The molecular weight excluding hydrogens is 356 g/mol. The number of nitrogens with zero attached hydrogens (tertiary/aromatic N) is 1. The van der Waals surface area contributed by atoms with Gasteiger partial charge in [-0.3, -0.25) is 4.79 Å². The van der Waals surface area contributed by atoms with Crippen molar-refractivity contribution in [3.05, 3.63) is 46.8 Å². The summed E-state index contributed by atoms with van der Waals surface area (Å²) in [6.07, 6.45) is 1.39. The monoisotopic (exact) mass is 378 g/mol. The predicted molar refractivity (Wildman–Crippen MR) is 100 cm³/mol. The normalized spacial score (nSPS) is 18.9. The lowest BCUT2D eigenvalue weighted by Crippen LogP contribution is -2.43. The van der Waals surface area contributed by atoms with Crippen LogP contribution in [0.5, 0.6) is 0 Å². The number of hydrogen-bond donors (Lipinski definition) is 1. The molecule has 1 N–H and O–H groups in total. The van der Waals surface area contributed by atoms with Crippen LogP contribution in [-0.4, -0.2) is 31.7 Å². The zero-order valence-corrected chi connectivity index (χ0v) is 16.0. The maximum atomic E-state index is 12.7. The zero-order valence-electron chi connectivity index (χ0n) is 14.4. The highest BCUT2D eigenvalue weighted by Crippen LogP contribution is 2.27. The number of rotatable bonds is 4. The lowest BCUT2D eigenvalue weighted by atomic mass is 9.98. The van der Waals surface area contributed by atoms with Gasteiger partial charge < -0.3 is 5.32 Å². The smallest absolute Gasteiger partial charge is 0.252 e. The van der Waals surface area contributed by atoms with Gasteiger partial charge in [0.05, 0.1) is 5.92 Å². The topological polar surface area (TPSA) is 66.5 Å². The Morgan fingerprint density at radius 2 is 2.04 bits per heavy atom. The molecule has 25 heavy (non-hydrogen) atoms. The number of nitrogens with one attached hydrogen (secondary N) is 1. The van der Waals surface area contributed by atoms with Gasteiger partial charge in [-0.1, -0.05) is 12.1 Å². The standard InChI is InChI=1S/C18H22N2O3S2/c1-13-7-8-16(11-14(13)2)19-18(21)15-5-3-9-20(12-15)25(22,23)17-6-4-10-24-17/h4,6-8,10-11,15H,3,5,9,12H2,1-2H3,(H,19,21). The van der Waals surface area contributed by atoms with Crippen LogP contribution in [0.3, 0.4) is 0 Å². The first kappa shape index (κ1) is 18.1. The van der Waals surface area contributed by atoms with Gasteiger partial charge in [0.2, 0.25) is 5.91 Å². The molecule has 0 bridgehead atoms. The summed E-state index contributed by atoms with van der Waals surface area (Å²) in [4.78, 5) is 12.6. The number of hydrogen-bond acceptors (Lipinski definition) is 4. The van der Waals surface area contributed by atoms with E-state index in [4.69, 9.17) is 0 Å². The largest absolute Gasteiger partial charge is 0.326 e. The summed E-state index contributed by atoms with van der Waals surface area (Å²) in [5.41, 5.74) is 3.04. The van der Waals surface area contributed by atoms with E-state index >= 15 is 0 Å². The number of carbonyl (C=O) groups is 1. The molecule has 1 amide bonds. The molecule has 1 atom stereocenters. The van der Waals surface area contributed by atoms with Crippen molar-refractivity contribution >= 4 is 33.0 Å².